The number of rotatable bonds is 6. The number of thioether (sulfide) groups is 1. The van der Waals surface area contributed by atoms with Gasteiger partial charge >= 0.3 is 0 Å². The Labute approximate surface area is 122 Å². The van der Waals surface area contributed by atoms with E-state index in [9.17, 15) is 4.79 Å². The molecule has 19 heavy (non-hydrogen) atoms. The topological polar surface area (TPSA) is 50.4 Å². The molecule has 4 nitrogen and oxygen atoms in total. The maximum atomic E-state index is 11.7. The van der Waals surface area contributed by atoms with Crippen LogP contribution in [0.15, 0.2) is 18.2 Å². The van der Waals surface area contributed by atoms with Crippen LogP contribution in [-0.2, 0) is 4.79 Å². The van der Waals surface area contributed by atoms with Gasteiger partial charge < -0.3 is 15.4 Å². The summed E-state index contributed by atoms with van der Waals surface area (Å²) in [5.74, 6) is 2.82. The van der Waals surface area contributed by atoms with Crippen molar-refractivity contribution in [2.24, 2.45) is 5.92 Å². The predicted molar refractivity (Wildman–Crippen MR) is 80.3 cm³/mol. The maximum absolute atomic E-state index is 11.7. The lowest BCUT2D eigenvalue weighted by molar-refractivity contribution is -0.113. The highest BCUT2D eigenvalue weighted by molar-refractivity contribution is 7.99. The molecule has 2 rings (SSSR count). The second-order valence-corrected chi connectivity index (χ2v) is 5.87. The van der Waals surface area contributed by atoms with Gasteiger partial charge in [-0.1, -0.05) is 11.6 Å². The van der Waals surface area contributed by atoms with Crippen molar-refractivity contribution >= 4 is 35.0 Å². The molecule has 0 unspecified atom stereocenters. The van der Waals surface area contributed by atoms with E-state index in [0.29, 0.717) is 28.1 Å². The van der Waals surface area contributed by atoms with Crippen molar-refractivity contribution in [3.05, 3.63) is 23.2 Å². The van der Waals surface area contributed by atoms with E-state index < -0.39 is 0 Å². The van der Waals surface area contributed by atoms with Gasteiger partial charge in [0.05, 0.1) is 17.9 Å². The number of nitrogens with one attached hydrogen (secondary N) is 2. The minimum absolute atomic E-state index is 0.00137. The van der Waals surface area contributed by atoms with Crippen LogP contribution in [0.1, 0.15) is 0 Å². The monoisotopic (exact) mass is 300 g/mol. The van der Waals surface area contributed by atoms with Crippen LogP contribution >= 0.6 is 23.4 Å². The van der Waals surface area contributed by atoms with E-state index in [1.807, 2.05) is 0 Å². The summed E-state index contributed by atoms with van der Waals surface area (Å²) in [5, 5.41) is 6.54. The molecule has 1 aliphatic heterocycles. The third-order valence-corrected chi connectivity index (χ3v) is 4.36. The van der Waals surface area contributed by atoms with Gasteiger partial charge in [0.1, 0.15) is 5.75 Å². The number of carbonyl (C=O) groups is 1. The molecule has 0 atom stereocenters. The minimum atomic E-state index is -0.00137. The third kappa shape index (κ3) is 4.30. The van der Waals surface area contributed by atoms with Crippen molar-refractivity contribution in [3.63, 3.8) is 0 Å². The average Bonchev–Trinajstić information content (AvgIpc) is 2.32. The quantitative estimate of drug-likeness (QED) is 0.846. The molecule has 1 fully saturated rings. The molecule has 1 aromatic carbocycles. The molecule has 0 saturated carbocycles. The molecule has 0 spiro atoms. The normalized spacial score (nSPS) is 14.8. The maximum Gasteiger partial charge on any atom is 0.234 e. The fourth-order valence-electron chi connectivity index (χ4n) is 1.73. The molecule has 104 valence electrons. The molecule has 2 N–H and O–H groups in total. The molecule has 0 aliphatic carbocycles. The van der Waals surface area contributed by atoms with Crippen LogP contribution in [0.5, 0.6) is 5.75 Å². The van der Waals surface area contributed by atoms with Crippen molar-refractivity contribution in [3.8, 4) is 5.75 Å². The van der Waals surface area contributed by atoms with E-state index in [2.05, 4.69) is 10.6 Å². The fourth-order valence-corrected chi connectivity index (χ4v) is 2.93. The summed E-state index contributed by atoms with van der Waals surface area (Å²) < 4.78 is 5.06. The molecule has 1 amide bonds. The first kappa shape index (κ1) is 14.5. The average molecular weight is 301 g/mol. The first-order valence-corrected chi connectivity index (χ1v) is 7.64. The molecular weight excluding hydrogens is 284 g/mol. The van der Waals surface area contributed by atoms with E-state index in [4.69, 9.17) is 16.3 Å². The number of anilines is 1. The summed E-state index contributed by atoms with van der Waals surface area (Å²) in [6.07, 6.45) is 0. The first-order chi connectivity index (χ1) is 9.19. The summed E-state index contributed by atoms with van der Waals surface area (Å²) in [5.41, 5.74) is 0.696. The van der Waals surface area contributed by atoms with Gasteiger partial charge in [0.2, 0.25) is 5.91 Å². The zero-order valence-corrected chi connectivity index (χ0v) is 12.3. The van der Waals surface area contributed by atoms with Gasteiger partial charge in [0.15, 0.2) is 0 Å². The number of carbonyl (C=O) groups excluding carboxylic acids is 1. The van der Waals surface area contributed by atoms with E-state index >= 15 is 0 Å². The third-order valence-electron chi connectivity index (χ3n) is 2.89. The number of methoxy groups -OCH3 is 1. The van der Waals surface area contributed by atoms with Crippen molar-refractivity contribution < 1.29 is 9.53 Å². The van der Waals surface area contributed by atoms with Gasteiger partial charge in [-0.3, -0.25) is 4.79 Å². The highest BCUT2D eigenvalue weighted by atomic mass is 35.5. The van der Waals surface area contributed by atoms with Crippen LogP contribution < -0.4 is 15.4 Å². The number of halogens is 1. The van der Waals surface area contributed by atoms with E-state index in [0.717, 1.165) is 18.8 Å². The second-order valence-electron chi connectivity index (χ2n) is 4.44. The first-order valence-electron chi connectivity index (χ1n) is 6.11. The molecule has 0 aromatic heterocycles. The lowest BCUT2D eigenvalue weighted by Crippen LogP contribution is -2.43. The Morgan fingerprint density at radius 2 is 2.37 bits per heavy atom. The molecule has 0 radical (unpaired) electrons. The van der Waals surface area contributed by atoms with Gasteiger partial charge in [-0.05, 0) is 43.0 Å². The molecule has 6 heteroatoms. The largest absolute Gasteiger partial charge is 0.495 e. The Kier molecular flexibility index (Phi) is 5.36. The van der Waals surface area contributed by atoms with Gasteiger partial charge in [-0.25, -0.2) is 0 Å². The van der Waals surface area contributed by atoms with Crippen molar-refractivity contribution in [2.45, 2.75) is 0 Å². The number of hydrogen-bond donors (Lipinski definition) is 2. The molecule has 1 aromatic rings. The Morgan fingerprint density at radius 1 is 1.58 bits per heavy atom. The van der Waals surface area contributed by atoms with Crippen LogP contribution in [0.25, 0.3) is 0 Å². The number of ether oxygens (including phenoxy) is 1. The van der Waals surface area contributed by atoms with Crippen LogP contribution in [0.3, 0.4) is 0 Å². The molecule has 1 saturated heterocycles. The highest BCUT2D eigenvalue weighted by Crippen LogP contribution is 2.27. The van der Waals surface area contributed by atoms with Crippen LogP contribution in [0.2, 0.25) is 5.02 Å². The van der Waals surface area contributed by atoms with Crippen molar-refractivity contribution in [2.75, 3.05) is 37.0 Å². The van der Waals surface area contributed by atoms with Gasteiger partial charge in [-0.15, -0.1) is 0 Å². The lowest BCUT2D eigenvalue weighted by Gasteiger charge is -2.26. The minimum Gasteiger partial charge on any atom is -0.495 e. The SMILES string of the molecule is COc1ccc(NC(=O)CSCC2CNC2)cc1Cl. The summed E-state index contributed by atoms with van der Waals surface area (Å²) >= 11 is 7.66. The van der Waals surface area contributed by atoms with Crippen LogP contribution in [0.4, 0.5) is 5.69 Å². The predicted octanol–water partition coefficient (Wildman–Crippen LogP) is 2.24. The zero-order valence-electron chi connectivity index (χ0n) is 10.7. The highest BCUT2D eigenvalue weighted by Gasteiger charge is 2.16. The number of benzene rings is 1. The lowest BCUT2D eigenvalue weighted by atomic mass is 10.1. The van der Waals surface area contributed by atoms with E-state index in [1.54, 1.807) is 37.1 Å². The van der Waals surface area contributed by atoms with Gasteiger partial charge in [0, 0.05) is 5.69 Å². The number of hydrogen-bond acceptors (Lipinski definition) is 4. The van der Waals surface area contributed by atoms with Crippen LogP contribution in [0, 0.1) is 5.92 Å². The van der Waals surface area contributed by atoms with Crippen molar-refractivity contribution in [1.82, 2.24) is 5.32 Å². The van der Waals surface area contributed by atoms with Gasteiger partial charge in [0.25, 0.3) is 0 Å². The molecule has 0 bridgehead atoms. The van der Waals surface area contributed by atoms with Crippen molar-refractivity contribution in [1.29, 1.82) is 0 Å². The summed E-state index contributed by atoms with van der Waals surface area (Å²) in [6.45, 7) is 2.14. The van der Waals surface area contributed by atoms with Gasteiger partial charge in [-0.2, -0.15) is 11.8 Å². The molecular formula is C13H17ClN2O2S. The Hall–Kier alpha value is -0.910. The zero-order chi connectivity index (χ0) is 13.7. The van der Waals surface area contributed by atoms with E-state index in [1.165, 1.54) is 0 Å². The summed E-state index contributed by atoms with van der Waals surface area (Å²) in [7, 11) is 1.56. The second kappa shape index (κ2) is 7.03. The summed E-state index contributed by atoms with van der Waals surface area (Å²) in [6, 6.07) is 5.22. The standard InChI is InChI=1S/C13H17ClN2O2S/c1-18-12-3-2-10(4-11(12)14)16-13(17)8-19-7-9-5-15-6-9/h2-4,9,15H,5-8H2,1H3,(H,16,17). The number of amides is 1. The Morgan fingerprint density at radius 3 is 2.95 bits per heavy atom. The summed E-state index contributed by atoms with van der Waals surface area (Å²) in [4.78, 5) is 11.7. The Balaban J connectivity index is 1.76. The fraction of sp³-hybridized carbons (Fsp3) is 0.462. The smallest absolute Gasteiger partial charge is 0.234 e. The van der Waals surface area contributed by atoms with E-state index in [-0.39, 0.29) is 5.91 Å². The van der Waals surface area contributed by atoms with Crippen LogP contribution in [-0.4, -0.2) is 37.6 Å². The molecule has 1 aliphatic rings. The Bertz CT molecular complexity index is 452. The molecule has 1 heterocycles.